The lowest BCUT2D eigenvalue weighted by Crippen LogP contribution is -2.40. The molecular weight excluding hydrogens is 488 g/mol. The van der Waals surface area contributed by atoms with Crippen molar-refractivity contribution in [3.8, 4) is 17.1 Å². The molecule has 0 aliphatic carbocycles. The maximum atomic E-state index is 12.9. The highest BCUT2D eigenvalue weighted by Crippen LogP contribution is 2.27. The van der Waals surface area contributed by atoms with E-state index in [1.54, 1.807) is 25.2 Å². The zero-order valence-corrected chi connectivity index (χ0v) is 21.7. The monoisotopic (exact) mass is 520 g/mol. The average molecular weight is 521 g/mol. The zero-order valence-electron chi connectivity index (χ0n) is 21.7. The van der Waals surface area contributed by atoms with Crippen LogP contribution in [-0.2, 0) is 14.1 Å². The molecule has 0 amide bonds. The molecule has 0 saturated heterocycles. The van der Waals surface area contributed by atoms with Gasteiger partial charge in [0.1, 0.15) is 41.0 Å². The van der Waals surface area contributed by atoms with Gasteiger partial charge in [-0.1, -0.05) is 43.3 Å². The van der Waals surface area contributed by atoms with Gasteiger partial charge in [0.15, 0.2) is 5.43 Å². The summed E-state index contributed by atoms with van der Waals surface area (Å²) in [5, 5.41) is 14.1. The molecule has 2 aromatic carbocycles. The summed E-state index contributed by atoms with van der Waals surface area (Å²) in [6, 6.07) is 17.4. The van der Waals surface area contributed by atoms with Gasteiger partial charge < -0.3 is 19.6 Å². The van der Waals surface area contributed by atoms with E-state index in [1.807, 2.05) is 42.2 Å². The Morgan fingerprint density at radius 3 is 2.53 bits per heavy atom. The van der Waals surface area contributed by atoms with Crippen LogP contribution < -0.4 is 26.7 Å². The molecule has 2 heterocycles. The summed E-state index contributed by atoms with van der Waals surface area (Å²) in [6.07, 6.45) is -0.811. The smallest absolute Gasteiger partial charge is 0.332 e. The Balaban J connectivity index is 1.37. The maximum Gasteiger partial charge on any atom is 0.332 e. The SMILES string of the molecule is CCN(CCNc1cc(=O)n(C)c(=O)n1C)CC(O)COc1cccc2oc(-c3ccccc3)cc(=O)c12. The lowest BCUT2D eigenvalue weighted by atomic mass is 10.1. The van der Waals surface area contributed by atoms with Crippen LogP contribution in [0.5, 0.6) is 5.75 Å². The van der Waals surface area contributed by atoms with Crippen molar-refractivity contribution in [2.75, 3.05) is 38.1 Å². The molecule has 200 valence electrons. The van der Waals surface area contributed by atoms with E-state index in [-0.39, 0.29) is 17.6 Å². The highest BCUT2D eigenvalue weighted by Gasteiger charge is 2.15. The summed E-state index contributed by atoms with van der Waals surface area (Å²) in [7, 11) is 3.03. The quantitative estimate of drug-likeness (QED) is 0.308. The lowest BCUT2D eigenvalue weighted by Gasteiger charge is -2.24. The second-order valence-corrected chi connectivity index (χ2v) is 9.02. The second kappa shape index (κ2) is 11.9. The van der Waals surface area contributed by atoms with Gasteiger partial charge in [-0.05, 0) is 18.7 Å². The fraction of sp³-hybridized carbons (Fsp3) is 0.321. The largest absolute Gasteiger partial charge is 0.490 e. The number of aromatic nitrogens is 2. The molecule has 1 unspecified atom stereocenters. The first-order valence-corrected chi connectivity index (χ1v) is 12.4. The Bertz CT molecular complexity index is 1570. The topological polar surface area (TPSA) is 119 Å². The van der Waals surface area contributed by atoms with Crippen LogP contribution in [0.4, 0.5) is 5.82 Å². The average Bonchev–Trinajstić information content (AvgIpc) is 2.93. The maximum absolute atomic E-state index is 12.9. The minimum absolute atomic E-state index is 0.00779. The number of hydrogen-bond donors (Lipinski definition) is 2. The van der Waals surface area contributed by atoms with Crippen molar-refractivity contribution in [2.24, 2.45) is 14.1 Å². The molecule has 0 bridgehead atoms. The van der Waals surface area contributed by atoms with Crippen LogP contribution in [0, 0.1) is 0 Å². The van der Waals surface area contributed by atoms with Gasteiger partial charge in [0.2, 0.25) is 0 Å². The van der Waals surface area contributed by atoms with Gasteiger partial charge in [0.25, 0.3) is 5.56 Å². The van der Waals surface area contributed by atoms with Crippen LogP contribution in [0.2, 0.25) is 0 Å². The van der Waals surface area contributed by atoms with Gasteiger partial charge in [-0.2, -0.15) is 0 Å². The number of fused-ring (bicyclic) bond motifs is 1. The van der Waals surface area contributed by atoms with E-state index in [9.17, 15) is 19.5 Å². The Morgan fingerprint density at radius 2 is 1.79 bits per heavy atom. The van der Waals surface area contributed by atoms with Crippen LogP contribution in [0.15, 0.2) is 79.5 Å². The summed E-state index contributed by atoms with van der Waals surface area (Å²) in [4.78, 5) is 38.9. The van der Waals surface area contributed by atoms with E-state index in [4.69, 9.17) is 9.15 Å². The molecule has 0 saturated carbocycles. The Hall–Kier alpha value is -4.15. The molecular formula is C28H32N4O6. The molecule has 0 radical (unpaired) electrons. The number of nitrogens with one attached hydrogen (secondary N) is 1. The molecule has 2 aromatic heterocycles. The third-order valence-electron chi connectivity index (χ3n) is 6.38. The van der Waals surface area contributed by atoms with Gasteiger partial charge in [-0.3, -0.25) is 23.6 Å². The molecule has 4 rings (SSSR count). The molecule has 0 fully saturated rings. The highest BCUT2D eigenvalue weighted by atomic mass is 16.5. The Kier molecular flexibility index (Phi) is 8.45. The highest BCUT2D eigenvalue weighted by molar-refractivity contribution is 5.84. The molecule has 4 aromatic rings. The number of aliphatic hydroxyl groups is 1. The van der Waals surface area contributed by atoms with E-state index < -0.39 is 11.8 Å². The third kappa shape index (κ3) is 6.04. The number of rotatable bonds is 11. The van der Waals surface area contributed by atoms with E-state index in [2.05, 4.69) is 5.32 Å². The van der Waals surface area contributed by atoms with E-state index >= 15 is 0 Å². The number of nitrogens with zero attached hydrogens (tertiary/aromatic N) is 3. The predicted molar refractivity (Wildman–Crippen MR) is 147 cm³/mol. The first kappa shape index (κ1) is 26.9. The summed E-state index contributed by atoms with van der Waals surface area (Å²) < 4.78 is 14.2. The van der Waals surface area contributed by atoms with Crippen molar-refractivity contribution in [3.05, 3.63) is 91.7 Å². The first-order valence-electron chi connectivity index (χ1n) is 12.4. The minimum atomic E-state index is -0.811. The van der Waals surface area contributed by atoms with Gasteiger partial charge >= 0.3 is 5.69 Å². The number of anilines is 1. The van der Waals surface area contributed by atoms with E-state index in [1.165, 1.54) is 23.7 Å². The van der Waals surface area contributed by atoms with Gasteiger partial charge in [0.05, 0.1) is 0 Å². The van der Waals surface area contributed by atoms with Crippen molar-refractivity contribution >= 4 is 16.8 Å². The normalized spacial score (nSPS) is 12.1. The number of likely N-dealkylation sites (N-methyl/N-ethyl adjacent to an activating group) is 1. The van der Waals surface area contributed by atoms with Crippen molar-refractivity contribution in [3.63, 3.8) is 0 Å². The molecule has 0 aliphatic rings. The second-order valence-electron chi connectivity index (χ2n) is 9.02. The molecule has 10 heteroatoms. The molecule has 10 nitrogen and oxygen atoms in total. The summed E-state index contributed by atoms with van der Waals surface area (Å²) in [5.41, 5.74) is 0.212. The first-order chi connectivity index (χ1) is 18.3. The van der Waals surface area contributed by atoms with Crippen molar-refractivity contribution in [1.29, 1.82) is 0 Å². The summed E-state index contributed by atoms with van der Waals surface area (Å²) in [5.74, 6) is 1.26. The van der Waals surface area contributed by atoms with Crippen LogP contribution in [0.1, 0.15) is 6.92 Å². The predicted octanol–water partition coefficient (Wildman–Crippen LogP) is 2.03. The zero-order chi connectivity index (χ0) is 27.2. The van der Waals surface area contributed by atoms with Crippen LogP contribution in [-0.4, -0.2) is 58.0 Å². The molecule has 0 spiro atoms. The summed E-state index contributed by atoms with van der Waals surface area (Å²) in [6.45, 7) is 4.01. The standard InChI is InChI=1S/C28H32N4O6/c1-4-32(14-13-29-25-16-26(35)31(3)28(36)30(25)2)17-20(33)18-37-22-11-8-12-23-27(22)21(34)15-24(38-23)19-9-6-5-7-10-19/h5-12,15-16,20,29,33H,4,13-14,17-18H2,1-3H3. The number of hydrogen-bond acceptors (Lipinski definition) is 8. The van der Waals surface area contributed by atoms with Crippen molar-refractivity contribution < 1.29 is 14.3 Å². The Morgan fingerprint density at radius 1 is 1.03 bits per heavy atom. The van der Waals surface area contributed by atoms with Gasteiger partial charge in [0, 0.05) is 51.4 Å². The lowest BCUT2D eigenvalue weighted by molar-refractivity contribution is 0.0717. The molecule has 38 heavy (non-hydrogen) atoms. The van der Waals surface area contributed by atoms with Crippen LogP contribution in [0.3, 0.4) is 0 Å². The molecule has 2 N–H and O–H groups in total. The number of benzene rings is 2. The van der Waals surface area contributed by atoms with Crippen molar-refractivity contribution in [1.82, 2.24) is 14.0 Å². The van der Waals surface area contributed by atoms with E-state index in [0.717, 1.165) is 10.1 Å². The van der Waals surface area contributed by atoms with E-state index in [0.29, 0.717) is 54.5 Å². The van der Waals surface area contributed by atoms with Crippen molar-refractivity contribution in [2.45, 2.75) is 13.0 Å². The van der Waals surface area contributed by atoms with Crippen LogP contribution in [0.25, 0.3) is 22.3 Å². The van der Waals surface area contributed by atoms with Gasteiger partial charge in [-0.15, -0.1) is 0 Å². The fourth-order valence-electron chi connectivity index (χ4n) is 4.20. The van der Waals surface area contributed by atoms with Gasteiger partial charge in [-0.25, -0.2) is 4.79 Å². The number of ether oxygens (including phenoxy) is 1. The Labute approximate surface area is 219 Å². The third-order valence-corrected chi connectivity index (χ3v) is 6.38. The molecule has 1 atom stereocenters. The molecule has 0 aliphatic heterocycles. The summed E-state index contributed by atoms with van der Waals surface area (Å²) >= 11 is 0. The van der Waals surface area contributed by atoms with Crippen LogP contribution >= 0.6 is 0 Å². The fourth-order valence-corrected chi connectivity index (χ4v) is 4.20. The minimum Gasteiger partial charge on any atom is -0.490 e. The number of aliphatic hydroxyl groups excluding tert-OH is 1.